The third-order valence-electron chi connectivity index (χ3n) is 2.99. The number of nitrogens with zero attached hydrogens (tertiary/aromatic N) is 1. The summed E-state index contributed by atoms with van der Waals surface area (Å²) >= 11 is 6.07. The molecule has 1 aromatic carbocycles. The van der Waals surface area contributed by atoms with Crippen LogP contribution in [0.15, 0.2) is 42.6 Å². The van der Waals surface area contributed by atoms with Gasteiger partial charge in [0.1, 0.15) is 12.4 Å². The molecule has 19 heavy (non-hydrogen) atoms. The van der Waals surface area contributed by atoms with Gasteiger partial charge in [-0.1, -0.05) is 29.8 Å². The Labute approximate surface area is 118 Å². The van der Waals surface area contributed by atoms with Gasteiger partial charge in [0, 0.05) is 16.6 Å². The number of hydrogen-bond acceptors (Lipinski definition) is 3. The molecule has 1 aromatic heterocycles. The van der Waals surface area contributed by atoms with E-state index >= 15 is 0 Å². The average Bonchev–Trinajstić information content (AvgIpc) is 2.46. The third kappa shape index (κ3) is 3.69. The molecule has 0 aliphatic carbocycles. The van der Waals surface area contributed by atoms with Gasteiger partial charge in [-0.25, -0.2) is 0 Å². The average molecular weight is 277 g/mol. The summed E-state index contributed by atoms with van der Waals surface area (Å²) in [5.41, 5.74) is 1.96. The van der Waals surface area contributed by atoms with Crippen molar-refractivity contribution in [1.82, 2.24) is 10.3 Å². The summed E-state index contributed by atoms with van der Waals surface area (Å²) in [5, 5.41) is 3.86. The van der Waals surface area contributed by atoms with Crippen LogP contribution in [-0.4, -0.2) is 12.0 Å². The van der Waals surface area contributed by atoms with E-state index in [2.05, 4.69) is 17.2 Å². The lowest BCUT2D eigenvalue weighted by molar-refractivity contribution is 0.304. The highest BCUT2D eigenvalue weighted by molar-refractivity contribution is 6.31. The van der Waals surface area contributed by atoms with Crippen molar-refractivity contribution in [2.45, 2.75) is 19.6 Å². The zero-order chi connectivity index (χ0) is 13.7. The Morgan fingerprint density at radius 1 is 1.26 bits per heavy atom. The molecule has 0 spiro atoms. The van der Waals surface area contributed by atoms with Crippen molar-refractivity contribution >= 4 is 11.6 Å². The molecular weight excluding hydrogens is 260 g/mol. The minimum atomic E-state index is 0.234. The molecule has 4 heteroatoms. The van der Waals surface area contributed by atoms with E-state index in [9.17, 15) is 0 Å². The third-order valence-corrected chi connectivity index (χ3v) is 3.36. The first kappa shape index (κ1) is 13.8. The number of nitrogens with one attached hydrogen (secondary N) is 1. The first-order chi connectivity index (χ1) is 9.20. The van der Waals surface area contributed by atoms with Crippen LogP contribution in [-0.2, 0) is 6.61 Å². The second kappa shape index (κ2) is 6.55. The van der Waals surface area contributed by atoms with Gasteiger partial charge >= 0.3 is 0 Å². The molecular formula is C15H17ClN2O. The van der Waals surface area contributed by atoms with Gasteiger partial charge in [0.25, 0.3) is 0 Å². The van der Waals surface area contributed by atoms with Crippen LogP contribution < -0.4 is 10.1 Å². The van der Waals surface area contributed by atoms with Crippen LogP contribution in [0.25, 0.3) is 0 Å². The van der Waals surface area contributed by atoms with Crippen LogP contribution in [0.3, 0.4) is 0 Å². The monoisotopic (exact) mass is 276 g/mol. The largest absolute Gasteiger partial charge is 0.487 e. The summed E-state index contributed by atoms with van der Waals surface area (Å²) in [6.07, 6.45) is 1.74. The Balaban J connectivity index is 1.99. The number of aromatic nitrogens is 1. The summed E-state index contributed by atoms with van der Waals surface area (Å²) < 4.78 is 5.67. The lowest BCUT2D eigenvalue weighted by Crippen LogP contribution is -2.13. The first-order valence-electron chi connectivity index (χ1n) is 6.20. The summed E-state index contributed by atoms with van der Waals surface area (Å²) in [6, 6.07) is 11.8. The summed E-state index contributed by atoms with van der Waals surface area (Å²) in [6.45, 7) is 2.51. The van der Waals surface area contributed by atoms with E-state index in [-0.39, 0.29) is 6.04 Å². The van der Waals surface area contributed by atoms with Gasteiger partial charge in [-0.15, -0.1) is 0 Å². The number of pyridine rings is 1. The Kier molecular flexibility index (Phi) is 4.77. The van der Waals surface area contributed by atoms with E-state index in [1.165, 1.54) is 0 Å². The predicted molar refractivity (Wildman–Crippen MR) is 77.5 cm³/mol. The molecule has 0 amide bonds. The second-order valence-electron chi connectivity index (χ2n) is 4.31. The van der Waals surface area contributed by atoms with Crippen molar-refractivity contribution < 1.29 is 4.74 Å². The molecule has 1 atom stereocenters. The fraction of sp³-hybridized carbons (Fsp3) is 0.267. The van der Waals surface area contributed by atoms with Crippen molar-refractivity contribution in [3.8, 4) is 5.75 Å². The molecule has 0 bridgehead atoms. The molecule has 1 heterocycles. The molecule has 1 unspecified atom stereocenters. The maximum Gasteiger partial charge on any atom is 0.138 e. The number of ether oxygens (including phenoxy) is 1. The van der Waals surface area contributed by atoms with Crippen LogP contribution in [0.4, 0.5) is 0 Å². The minimum Gasteiger partial charge on any atom is -0.487 e. The van der Waals surface area contributed by atoms with Gasteiger partial charge in [0.15, 0.2) is 0 Å². The highest BCUT2D eigenvalue weighted by Gasteiger charge is 2.05. The molecule has 0 saturated carbocycles. The van der Waals surface area contributed by atoms with Crippen molar-refractivity contribution in [1.29, 1.82) is 0 Å². The summed E-state index contributed by atoms with van der Waals surface area (Å²) in [4.78, 5) is 4.36. The number of hydrogen-bond donors (Lipinski definition) is 1. The Morgan fingerprint density at radius 3 is 2.68 bits per heavy atom. The smallest absolute Gasteiger partial charge is 0.138 e. The maximum absolute atomic E-state index is 6.07. The van der Waals surface area contributed by atoms with E-state index in [0.717, 1.165) is 22.0 Å². The van der Waals surface area contributed by atoms with Crippen molar-refractivity contribution in [3.05, 3.63) is 58.9 Å². The first-order valence-corrected chi connectivity index (χ1v) is 6.58. The topological polar surface area (TPSA) is 34.1 Å². The van der Waals surface area contributed by atoms with E-state index in [4.69, 9.17) is 16.3 Å². The predicted octanol–water partition coefficient (Wildman–Crippen LogP) is 3.59. The van der Waals surface area contributed by atoms with Gasteiger partial charge in [-0.2, -0.15) is 0 Å². The molecule has 0 saturated heterocycles. The van der Waals surface area contributed by atoms with Crippen LogP contribution in [0, 0.1) is 0 Å². The van der Waals surface area contributed by atoms with Gasteiger partial charge in [-0.05, 0) is 32.2 Å². The van der Waals surface area contributed by atoms with Crippen LogP contribution in [0.1, 0.15) is 24.2 Å². The minimum absolute atomic E-state index is 0.234. The van der Waals surface area contributed by atoms with Gasteiger partial charge in [-0.3, -0.25) is 4.98 Å². The Hall–Kier alpha value is -1.58. The molecule has 0 radical (unpaired) electrons. The molecule has 100 valence electrons. The fourth-order valence-corrected chi connectivity index (χ4v) is 1.85. The molecule has 0 aliphatic rings. The SMILES string of the molecule is CNC(C)c1ccc(OCc2ccccc2Cl)cn1. The number of halogens is 1. The highest BCUT2D eigenvalue weighted by Crippen LogP contribution is 2.19. The summed E-state index contributed by atoms with van der Waals surface area (Å²) in [5.74, 6) is 0.743. The molecule has 0 aliphatic heterocycles. The molecule has 0 fully saturated rings. The van der Waals surface area contributed by atoms with Crippen molar-refractivity contribution in [2.24, 2.45) is 0 Å². The van der Waals surface area contributed by atoms with Crippen LogP contribution >= 0.6 is 11.6 Å². The van der Waals surface area contributed by atoms with E-state index in [0.29, 0.717) is 6.61 Å². The lowest BCUT2D eigenvalue weighted by Gasteiger charge is -2.11. The molecule has 2 aromatic rings. The molecule has 1 N–H and O–H groups in total. The second-order valence-corrected chi connectivity index (χ2v) is 4.72. The van der Waals surface area contributed by atoms with Gasteiger partial charge in [0.05, 0.1) is 11.9 Å². The number of rotatable bonds is 5. The van der Waals surface area contributed by atoms with Crippen LogP contribution in [0.2, 0.25) is 5.02 Å². The highest BCUT2D eigenvalue weighted by atomic mass is 35.5. The van der Waals surface area contributed by atoms with Crippen LogP contribution in [0.5, 0.6) is 5.75 Å². The Morgan fingerprint density at radius 2 is 2.05 bits per heavy atom. The zero-order valence-corrected chi connectivity index (χ0v) is 11.8. The molecule has 3 nitrogen and oxygen atoms in total. The Bertz CT molecular complexity index is 528. The van der Waals surface area contributed by atoms with E-state index in [1.54, 1.807) is 6.20 Å². The zero-order valence-electron chi connectivity index (χ0n) is 11.1. The van der Waals surface area contributed by atoms with Gasteiger partial charge in [0.2, 0.25) is 0 Å². The standard InChI is InChI=1S/C15H17ClN2O/c1-11(17-2)15-8-7-13(9-18-15)19-10-12-5-3-4-6-14(12)16/h3-9,11,17H,10H2,1-2H3. The molecule has 2 rings (SSSR count). The lowest BCUT2D eigenvalue weighted by atomic mass is 10.2. The fourth-order valence-electron chi connectivity index (χ4n) is 1.66. The van der Waals surface area contributed by atoms with Crippen molar-refractivity contribution in [2.75, 3.05) is 7.05 Å². The normalized spacial score (nSPS) is 12.2. The summed E-state index contributed by atoms with van der Waals surface area (Å²) in [7, 11) is 1.91. The van der Waals surface area contributed by atoms with E-state index in [1.807, 2.05) is 43.4 Å². The van der Waals surface area contributed by atoms with E-state index < -0.39 is 0 Å². The van der Waals surface area contributed by atoms with Gasteiger partial charge < -0.3 is 10.1 Å². The maximum atomic E-state index is 6.07. The van der Waals surface area contributed by atoms with Crippen molar-refractivity contribution in [3.63, 3.8) is 0 Å². The quantitative estimate of drug-likeness (QED) is 0.906. The number of benzene rings is 1.